The molecule has 0 saturated heterocycles. The lowest BCUT2D eigenvalue weighted by Crippen LogP contribution is -2.19. The molecule has 1 aliphatic rings. The second-order valence-electron chi connectivity index (χ2n) is 7.35. The van der Waals surface area contributed by atoms with Crippen LogP contribution >= 0.6 is 0 Å². The lowest BCUT2D eigenvalue weighted by Gasteiger charge is -2.19. The van der Waals surface area contributed by atoms with Crippen molar-refractivity contribution in [2.45, 2.75) is 89.8 Å². The Balaban J connectivity index is 2.49. The Bertz CT molecular complexity index is 463. The molecule has 26 heavy (non-hydrogen) atoms. The minimum absolute atomic E-state index is 0.0144. The van der Waals surface area contributed by atoms with Crippen molar-refractivity contribution in [1.29, 1.82) is 0 Å². The lowest BCUT2D eigenvalue weighted by atomic mass is 9.88. The van der Waals surface area contributed by atoms with Gasteiger partial charge >= 0.3 is 5.97 Å². The third-order valence-corrected chi connectivity index (χ3v) is 5.21. The highest BCUT2D eigenvalue weighted by Crippen LogP contribution is 2.35. The number of carbonyl (C=O) groups is 1. The van der Waals surface area contributed by atoms with Crippen LogP contribution in [0.3, 0.4) is 0 Å². The van der Waals surface area contributed by atoms with Crippen LogP contribution in [0.1, 0.15) is 77.6 Å². The minimum atomic E-state index is -0.761. The molecule has 0 heterocycles. The van der Waals surface area contributed by atoms with Gasteiger partial charge in [-0.15, -0.1) is 0 Å². The minimum Gasteiger partial charge on any atom is -0.481 e. The van der Waals surface area contributed by atoms with Crippen LogP contribution in [0.4, 0.5) is 0 Å². The summed E-state index contributed by atoms with van der Waals surface area (Å²) in [5.41, 5.74) is 0.574. The third-order valence-electron chi connectivity index (χ3n) is 5.21. The molecule has 1 rings (SSSR count). The number of rotatable bonds is 13. The number of aliphatic hydroxyl groups is 2. The Kier molecular flexibility index (Phi) is 11.2. The molecule has 0 spiro atoms. The Hall–Kier alpha value is -1.40. The van der Waals surface area contributed by atoms with E-state index in [0.717, 1.165) is 51.4 Å². The predicted molar refractivity (Wildman–Crippen MR) is 101 cm³/mol. The number of oxime groups is 1. The highest BCUT2D eigenvalue weighted by atomic mass is 16.4. The number of aliphatic carboxylic acids is 1. The highest BCUT2D eigenvalue weighted by Gasteiger charge is 2.38. The number of hydrogen-bond donors (Lipinski definition) is 4. The van der Waals surface area contributed by atoms with Crippen LogP contribution < -0.4 is 0 Å². The van der Waals surface area contributed by atoms with Crippen LogP contribution in [0.15, 0.2) is 17.3 Å². The van der Waals surface area contributed by atoms with E-state index in [0.29, 0.717) is 18.6 Å². The molecule has 1 unspecified atom stereocenters. The first kappa shape index (κ1) is 22.6. The Morgan fingerprint density at radius 2 is 1.96 bits per heavy atom. The van der Waals surface area contributed by atoms with Crippen LogP contribution in [0.25, 0.3) is 0 Å². The van der Waals surface area contributed by atoms with E-state index in [1.54, 1.807) is 6.08 Å². The van der Waals surface area contributed by atoms with Crippen molar-refractivity contribution in [3.63, 3.8) is 0 Å². The maximum absolute atomic E-state index is 10.5. The van der Waals surface area contributed by atoms with Crippen molar-refractivity contribution >= 4 is 11.7 Å². The number of nitrogens with zero attached hydrogens (tertiary/aromatic N) is 1. The predicted octanol–water partition coefficient (Wildman–Crippen LogP) is 3.74. The largest absolute Gasteiger partial charge is 0.481 e. The van der Waals surface area contributed by atoms with E-state index < -0.39 is 18.2 Å². The maximum Gasteiger partial charge on any atom is 0.303 e. The number of hydrogen-bond acceptors (Lipinski definition) is 5. The van der Waals surface area contributed by atoms with E-state index in [2.05, 4.69) is 12.1 Å². The molecule has 0 bridgehead atoms. The maximum atomic E-state index is 10.5. The zero-order valence-electron chi connectivity index (χ0n) is 15.9. The Labute approximate surface area is 156 Å². The molecule has 6 nitrogen and oxygen atoms in total. The summed E-state index contributed by atoms with van der Waals surface area (Å²) >= 11 is 0. The first-order valence-corrected chi connectivity index (χ1v) is 9.96. The molecule has 4 atom stereocenters. The van der Waals surface area contributed by atoms with Gasteiger partial charge in [-0.1, -0.05) is 62.8 Å². The lowest BCUT2D eigenvalue weighted by molar-refractivity contribution is -0.137. The average Bonchev–Trinajstić information content (AvgIpc) is 2.91. The fourth-order valence-electron chi connectivity index (χ4n) is 3.68. The van der Waals surface area contributed by atoms with Crippen LogP contribution in [-0.4, -0.2) is 44.4 Å². The van der Waals surface area contributed by atoms with Crippen LogP contribution in [-0.2, 0) is 4.79 Å². The molecule has 0 aromatic rings. The van der Waals surface area contributed by atoms with Crippen molar-refractivity contribution in [3.05, 3.63) is 12.2 Å². The van der Waals surface area contributed by atoms with Gasteiger partial charge in [-0.05, 0) is 25.2 Å². The quantitative estimate of drug-likeness (QED) is 0.171. The fraction of sp³-hybridized carbons (Fsp3) is 0.800. The molecule has 0 amide bonds. The summed E-state index contributed by atoms with van der Waals surface area (Å²) in [5.74, 6) is -0.919. The van der Waals surface area contributed by atoms with Crippen LogP contribution in [0, 0.1) is 11.8 Å². The van der Waals surface area contributed by atoms with Crippen molar-refractivity contribution in [1.82, 2.24) is 0 Å². The molecule has 0 aromatic heterocycles. The molecular weight excluding hydrogens is 334 g/mol. The van der Waals surface area contributed by atoms with Crippen molar-refractivity contribution in [2.24, 2.45) is 17.0 Å². The van der Waals surface area contributed by atoms with E-state index in [-0.39, 0.29) is 18.3 Å². The molecule has 6 heteroatoms. The van der Waals surface area contributed by atoms with Gasteiger partial charge in [0.05, 0.1) is 17.9 Å². The number of unbranched alkanes of at least 4 members (excludes halogenated alkanes) is 5. The second kappa shape index (κ2) is 12.9. The normalized spacial score (nSPS) is 26.0. The number of allylic oxidation sites excluding steroid dienone is 1. The van der Waals surface area contributed by atoms with Crippen molar-refractivity contribution in [3.8, 4) is 0 Å². The summed E-state index contributed by atoms with van der Waals surface area (Å²) in [7, 11) is 0. The smallest absolute Gasteiger partial charge is 0.303 e. The molecule has 0 aliphatic heterocycles. The Morgan fingerprint density at radius 3 is 2.62 bits per heavy atom. The van der Waals surface area contributed by atoms with Gasteiger partial charge in [-0.2, -0.15) is 0 Å². The summed E-state index contributed by atoms with van der Waals surface area (Å²) < 4.78 is 0. The molecule has 1 saturated carbocycles. The zero-order valence-corrected chi connectivity index (χ0v) is 15.9. The van der Waals surface area contributed by atoms with Gasteiger partial charge in [0.25, 0.3) is 0 Å². The van der Waals surface area contributed by atoms with E-state index in [1.165, 1.54) is 0 Å². The molecule has 150 valence electrons. The van der Waals surface area contributed by atoms with Crippen molar-refractivity contribution in [2.75, 3.05) is 0 Å². The number of carboxylic acids is 1. The monoisotopic (exact) mass is 369 g/mol. The summed E-state index contributed by atoms with van der Waals surface area (Å²) in [4.78, 5) is 10.5. The summed E-state index contributed by atoms with van der Waals surface area (Å²) in [6.45, 7) is 2.12. The van der Waals surface area contributed by atoms with Gasteiger partial charge in [-0.3, -0.25) is 4.79 Å². The van der Waals surface area contributed by atoms with E-state index >= 15 is 0 Å². The summed E-state index contributed by atoms with van der Waals surface area (Å²) in [6, 6.07) is 0. The van der Waals surface area contributed by atoms with Gasteiger partial charge in [0, 0.05) is 18.8 Å². The number of aliphatic hydroxyl groups excluding tert-OH is 2. The first-order chi connectivity index (χ1) is 12.5. The number of carboxylic acid groups (broad SMARTS) is 1. The van der Waals surface area contributed by atoms with E-state index in [1.807, 2.05) is 6.08 Å². The van der Waals surface area contributed by atoms with Crippen molar-refractivity contribution < 1.29 is 25.3 Å². The second-order valence-corrected chi connectivity index (χ2v) is 7.35. The zero-order chi connectivity index (χ0) is 19.4. The summed E-state index contributed by atoms with van der Waals surface area (Å²) in [5, 5.41) is 41.6. The van der Waals surface area contributed by atoms with E-state index in [9.17, 15) is 20.2 Å². The molecule has 1 aliphatic carbocycles. The van der Waals surface area contributed by atoms with E-state index in [4.69, 9.17) is 5.11 Å². The first-order valence-electron chi connectivity index (χ1n) is 9.96. The Morgan fingerprint density at radius 1 is 1.23 bits per heavy atom. The molecule has 4 N–H and O–H groups in total. The van der Waals surface area contributed by atoms with Crippen LogP contribution in [0.5, 0.6) is 0 Å². The third kappa shape index (κ3) is 8.32. The molecule has 0 aromatic carbocycles. The summed E-state index contributed by atoms with van der Waals surface area (Å²) in [6.07, 6.45) is 11.3. The van der Waals surface area contributed by atoms with Gasteiger partial charge in [-0.25, -0.2) is 0 Å². The SMILES string of the molecule is CCCCCC(O)/C=C/[C@H]1/C(=N\O)C[C@H](O)[C@@H]1CCCCCCC(=O)O. The van der Waals surface area contributed by atoms with Gasteiger partial charge < -0.3 is 20.5 Å². The van der Waals surface area contributed by atoms with Gasteiger partial charge in [0.1, 0.15) is 0 Å². The standard InChI is InChI=1S/C20H35NO5/c1-2-3-6-9-15(22)12-13-16-17(19(23)14-18(16)21-26)10-7-4-5-8-11-20(24)25/h12-13,15-17,19,22-23,26H,2-11,14H2,1H3,(H,24,25)/b13-12+,21-18-/t15?,16-,17-,19+/m1/s1. The molecule has 0 radical (unpaired) electrons. The molecule has 1 fully saturated rings. The fourth-order valence-corrected chi connectivity index (χ4v) is 3.68. The topological polar surface area (TPSA) is 110 Å². The van der Waals surface area contributed by atoms with Crippen LogP contribution in [0.2, 0.25) is 0 Å². The van der Waals surface area contributed by atoms with Gasteiger partial charge in [0.2, 0.25) is 0 Å². The average molecular weight is 370 g/mol. The van der Waals surface area contributed by atoms with Gasteiger partial charge in [0.15, 0.2) is 0 Å². The molecular formula is C20H35NO5. The highest BCUT2D eigenvalue weighted by molar-refractivity contribution is 5.90.